The number of aryl methyl sites for hydroxylation is 1. The summed E-state index contributed by atoms with van der Waals surface area (Å²) in [5.41, 5.74) is 2.10. The maximum Gasteiger partial charge on any atom is 0.121 e. The van der Waals surface area contributed by atoms with Gasteiger partial charge in [0.15, 0.2) is 0 Å². The average Bonchev–Trinajstić information content (AvgIpc) is 2.87. The van der Waals surface area contributed by atoms with Crippen molar-refractivity contribution in [2.24, 2.45) is 0 Å². The number of imidazole rings is 1. The lowest BCUT2D eigenvalue weighted by Crippen LogP contribution is -1.88. The summed E-state index contributed by atoms with van der Waals surface area (Å²) in [6, 6.07) is 5.98. The fraction of sp³-hybridized carbons (Fsp3) is 0.588. The van der Waals surface area contributed by atoms with Gasteiger partial charge in [0, 0.05) is 12.5 Å². The third kappa shape index (κ3) is 4.26. The molecule has 0 bridgehead atoms. The van der Waals surface area contributed by atoms with Gasteiger partial charge in [-0.2, -0.15) is 0 Å². The monoisotopic (exact) mass is 274 g/mol. The molecule has 0 atom stereocenters. The minimum Gasteiger partial charge on any atom is -0.497 e. The van der Waals surface area contributed by atoms with E-state index in [-0.39, 0.29) is 0 Å². The molecule has 2 aromatic rings. The van der Waals surface area contributed by atoms with Crippen molar-refractivity contribution in [3.63, 3.8) is 0 Å². The van der Waals surface area contributed by atoms with Crippen LogP contribution in [0.2, 0.25) is 0 Å². The summed E-state index contributed by atoms with van der Waals surface area (Å²) in [5, 5.41) is 0. The molecule has 1 aromatic heterocycles. The second-order valence-electron chi connectivity index (χ2n) is 5.44. The molecule has 0 saturated heterocycles. The molecule has 20 heavy (non-hydrogen) atoms. The molecule has 1 heterocycles. The van der Waals surface area contributed by atoms with Crippen LogP contribution in [0.3, 0.4) is 0 Å². The third-order valence-electron chi connectivity index (χ3n) is 3.76. The van der Waals surface area contributed by atoms with E-state index in [1.165, 1.54) is 44.9 Å². The molecule has 3 heteroatoms. The van der Waals surface area contributed by atoms with Crippen molar-refractivity contribution in [1.29, 1.82) is 0 Å². The molecule has 0 saturated carbocycles. The molecule has 0 radical (unpaired) electrons. The zero-order valence-electron chi connectivity index (χ0n) is 12.7. The number of methoxy groups -OCH3 is 1. The molecular formula is C17H26N2O. The summed E-state index contributed by atoms with van der Waals surface area (Å²) in [4.78, 5) is 8.01. The molecule has 0 aliphatic heterocycles. The number of nitrogens with one attached hydrogen (secondary N) is 1. The van der Waals surface area contributed by atoms with E-state index >= 15 is 0 Å². The second kappa shape index (κ2) is 7.93. The highest BCUT2D eigenvalue weighted by Gasteiger charge is 2.03. The van der Waals surface area contributed by atoms with E-state index in [2.05, 4.69) is 16.9 Å². The average molecular weight is 274 g/mol. The van der Waals surface area contributed by atoms with Crippen LogP contribution in [0.15, 0.2) is 18.2 Å². The highest BCUT2D eigenvalue weighted by atomic mass is 16.5. The minimum atomic E-state index is 0.878. The summed E-state index contributed by atoms with van der Waals surface area (Å²) in [6.07, 6.45) is 10.4. The number of aromatic nitrogens is 2. The summed E-state index contributed by atoms with van der Waals surface area (Å²) in [5.74, 6) is 1.98. The standard InChI is InChI=1S/C17H26N2O/c1-3-4-5-6-7-8-9-10-17-18-15-12-11-14(20-2)13-16(15)19-17/h11-13H,3-10H2,1-2H3,(H,18,19). The Morgan fingerprint density at radius 2 is 1.80 bits per heavy atom. The maximum atomic E-state index is 5.23. The zero-order valence-corrected chi connectivity index (χ0v) is 12.7. The Kier molecular flexibility index (Phi) is 5.90. The number of ether oxygens (including phenoxy) is 1. The van der Waals surface area contributed by atoms with Crippen molar-refractivity contribution in [1.82, 2.24) is 9.97 Å². The molecule has 110 valence electrons. The number of nitrogens with zero attached hydrogens (tertiary/aromatic N) is 1. The van der Waals surface area contributed by atoms with Crippen LogP contribution in [0.4, 0.5) is 0 Å². The molecule has 0 aliphatic carbocycles. The molecule has 0 amide bonds. The lowest BCUT2D eigenvalue weighted by Gasteiger charge is -1.99. The van der Waals surface area contributed by atoms with Gasteiger partial charge in [-0.3, -0.25) is 0 Å². The molecule has 0 spiro atoms. The predicted molar refractivity (Wildman–Crippen MR) is 84.3 cm³/mol. The number of hydrogen-bond donors (Lipinski definition) is 1. The van der Waals surface area contributed by atoms with E-state index in [0.29, 0.717) is 0 Å². The first-order chi connectivity index (χ1) is 9.83. The second-order valence-corrected chi connectivity index (χ2v) is 5.44. The first-order valence-electron chi connectivity index (χ1n) is 7.86. The van der Waals surface area contributed by atoms with Crippen LogP contribution in [-0.2, 0) is 6.42 Å². The van der Waals surface area contributed by atoms with Gasteiger partial charge in [0.05, 0.1) is 18.1 Å². The first-order valence-corrected chi connectivity index (χ1v) is 7.86. The Hall–Kier alpha value is -1.51. The van der Waals surface area contributed by atoms with Crippen LogP contribution in [0.25, 0.3) is 11.0 Å². The number of H-pyrrole nitrogens is 1. The minimum absolute atomic E-state index is 0.878. The van der Waals surface area contributed by atoms with Crippen molar-refractivity contribution in [2.75, 3.05) is 7.11 Å². The van der Waals surface area contributed by atoms with Crippen LogP contribution in [0.1, 0.15) is 57.7 Å². The molecule has 0 aliphatic rings. The summed E-state index contributed by atoms with van der Waals surface area (Å²) in [6.45, 7) is 2.26. The Bertz CT molecular complexity index is 519. The van der Waals surface area contributed by atoms with Crippen LogP contribution in [0.5, 0.6) is 5.75 Å². The molecular weight excluding hydrogens is 248 g/mol. The number of unbranched alkanes of at least 4 members (excludes halogenated alkanes) is 6. The van der Waals surface area contributed by atoms with Crippen LogP contribution in [-0.4, -0.2) is 17.1 Å². The topological polar surface area (TPSA) is 37.9 Å². The van der Waals surface area contributed by atoms with Gasteiger partial charge in [-0.1, -0.05) is 45.4 Å². The van der Waals surface area contributed by atoms with E-state index in [1.807, 2.05) is 18.2 Å². The van der Waals surface area contributed by atoms with E-state index < -0.39 is 0 Å². The number of aromatic amines is 1. The van der Waals surface area contributed by atoms with Crippen molar-refractivity contribution in [2.45, 2.75) is 58.3 Å². The molecule has 2 rings (SSSR count). The zero-order chi connectivity index (χ0) is 14.2. The van der Waals surface area contributed by atoms with Crippen LogP contribution >= 0.6 is 0 Å². The van der Waals surface area contributed by atoms with E-state index in [4.69, 9.17) is 4.74 Å². The fourth-order valence-corrected chi connectivity index (χ4v) is 2.54. The highest BCUT2D eigenvalue weighted by molar-refractivity contribution is 5.76. The van der Waals surface area contributed by atoms with E-state index in [1.54, 1.807) is 7.11 Å². The molecule has 0 unspecified atom stereocenters. The van der Waals surface area contributed by atoms with Crippen molar-refractivity contribution in [3.05, 3.63) is 24.0 Å². The lowest BCUT2D eigenvalue weighted by molar-refractivity contribution is 0.415. The maximum absolute atomic E-state index is 5.23. The van der Waals surface area contributed by atoms with Gasteiger partial charge < -0.3 is 9.72 Å². The highest BCUT2D eigenvalue weighted by Crippen LogP contribution is 2.19. The summed E-state index contributed by atoms with van der Waals surface area (Å²) < 4.78 is 5.23. The van der Waals surface area contributed by atoms with Gasteiger partial charge in [0.25, 0.3) is 0 Å². The number of hydrogen-bond acceptors (Lipinski definition) is 2. The quantitative estimate of drug-likeness (QED) is 0.663. The van der Waals surface area contributed by atoms with Crippen molar-refractivity contribution >= 4 is 11.0 Å². The number of fused-ring (bicyclic) bond motifs is 1. The smallest absolute Gasteiger partial charge is 0.121 e. The first kappa shape index (κ1) is 14.9. The normalized spacial score (nSPS) is 11.1. The van der Waals surface area contributed by atoms with Gasteiger partial charge in [-0.25, -0.2) is 4.98 Å². The lowest BCUT2D eigenvalue weighted by atomic mass is 10.1. The Morgan fingerprint density at radius 1 is 1.05 bits per heavy atom. The van der Waals surface area contributed by atoms with Crippen LogP contribution < -0.4 is 4.74 Å². The molecule has 0 fully saturated rings. The Morgan fingerprint density at radius 3 is 2.55 bits per heavy atom. The molecule has 1 N–H and O–H groups in total. The predicted octanol–water partition coefficient (Wildman–Crippen LogP) is 4.86. The number of benzene rings is 1. The van der Waals surface area contributed by atoms with E-state index in [9.17, 15) is 0 Å². The largest absolute Gasteiger partial charge is 0.497 e. The third-order valence-corrected chi connectivity index (χ3v) is 3.76. The van der Waals surface area contributed by atoms with Gasteiger partial charge >= 0.3 is 0 Å². The van der Waals surface area contributed by atoms with Gasteiger partial charge in [0.2, 0.25) is 0 Å². The fourth-order valence-electron chi connectivity index (χ4n) is 2.54. The van der Waals surface area contributed by atoms with Gasteiger partial charge in [0.1, 0.15) is 11.6 Å². The molecule has 3 nitrogen and oxygen atoms in total. The van der Waals surface area contributed by atoms with Crippen molar-refractivity contribution < 1.29 is 4.74 Å². The SMILES string of the molecule is CCCCCCCCCc1nc2ccc(OC)cc2[nH]1. The van der Waals surface area contributed by atoms with Gasteiger partial charge in [-0.05, 0) is 18.6 Å². The van der Waals surface area contributed by atoms with Crippen LogP contribution in [0, 0.1) is 0 Å². The van der Waals surface area contributed by atoms with E-state index in [0.717, 1.165) is 29.0 Å². The van der Waals surface area contributed by atoms with Gasteiger partial charge in [-0.15, -0.1) is 0 Å². The Labute approximate surface area is 121 Å². The van der Waals surface area contributed by atoms with Crippen molar-refractivity contribution in [3.8, 4) is 5.75 Å². The molecule has 1 aromatic carbocycles. The summed E-state index contributed by atoms with van der Waals surface area (Å²) in [7, 11) is 1.69. The number of rotatable bonds is 9. The Balaban J connectivity index is 1.76. The summed E-state index contributed by atoms with van der Waals surface area (Å²) >= 11 is 0.